The Hall–Kier alpha value is -1.63. The van der Waals surface area contributed by atoms with Crippen LogP contribution in [0.25, 0.3) is 10.8 Å². The molecule has 0 aromatic heterocycles. The van der Waals surface area contributed by atoms with Gasteiger partial charge in [0.2, 0.25) is 0 Å². The van der Waals surface area contributed by atoms with Gasteiger partial charge in [-0.3, -0.25) is 4.79 Å². The largest absolute Gasteiger partial charge is 0.481 e. The van der Waals surface area contributed by atoms with Gasteiger partial charge in [-0.25, -0.2) is 0 Å². The zero-order valence-electron chi connectivity index (χ0n) is 15.7. The van der Waals surface area contributed by atoms with E-state index in [1.165, 1.54) is 0 Å². The molecule has 1 atom stereocenters. The van der Waals surface area contributed by atoms with Crippen LogP contribution in [0.15, 0.2) is 40.9 Å². The molecular weight excluding hydrogens is 398 g/mol. The zero-order chi connectivity index (χ0) is 19.2. The Labute approximate surface area is 163 Å². The summed E-state index contributed by atoms with van der Waals surface area (Å²) in [6, 6.07) is 11.9. The summed E-state index contributed by atoms with van der Waals surface area (Å²) in [7, 11) is 1.56. The second-order valence-corrected chi connectivity index (χ2v) is 7.71. The second-order valence-electron chi connectivity index (χ2n) is 6.80. The molecule has 0 saturated heterocycles. The van der Waals surface area contributed by atoms with E-state index in [4.69, 9.17) is 14.2 Å². The number of benzene rings is 2. The first-order chi connectivity index (χ1) is 12.3. The SMILES string of the molecule is CCC(Oc1ccc2ccc(Br)cc2c1)C(=O)NC(C)(C)COCOC. The quantitative estimate of drug-likeness (QED) is 0.483. The summed E-state index contributed by atoms with van der Waals surface area (Å²) in [5, 5.41) is 5.16. The first kappa shape index (κ1) is 20.7. The molecule has 1 amide bonds. The Morgan fingerprint density at radius 3 is 2.62 bits per heavy atom. The number of carbonyl (C=O) groups excluding carboxylic acids is 1. The summed E-state index contributed by atoms with van der Waals surface area (Å²) in [6.07, 6.45) is -0.00141. The fourth-order valence-electron chi connectivity index (χ4n) is 2.59. The van der Waals surface area contributed by atoms with Crippen LogP contribution in [0.4, 0.5) is 0 Å². The van der Waals surface area contributed by atoms with Crippen molar-refractivity contribution < 1.29 is 19.0 Å². The molecule has 2 aromatic rings. The van der Waals surface area contributed by atoms with E-state index in [-0.39, 0.29) is 12.7 Å². The van der Waals surface area contributed by atoms with Crippen LogP contribution in [0.5, 0.6) is 5.75 Å². The van der Waals surface area contributed by atoms with Gasteiger partial charge in [-0.05, 0) is 55.3 Å². The maximum absolute atomic E-state index is 12.6. The molecule has 26 heavy (non-hydrogen) atoms. The summed E-state index contributed by atoms with van der Waals surface area (Å²) >= 11 is 3.48. The van der Waals surface area contributed by atoms with E-state index in [1.807, 2.05) is 57.2 Å². The highest BCUT2D eigenvalue weighted by molar-refractivity contribution is 9.10. The highest BCUT2D eigenvalue weighted by atomic mass is 79.9. The molecule has 1 unspecified atom stereocenters. The lowest BCUT2D eigenvalue weighted by Gasteiger charge is -2.28. The lowest BCUT2D eigenvalue weighted by molar-refractivity contribution is -0.131. The molecule has 0 fully saturated rings. The minimum absolute atomic E-state index is 0.159. The van der Waals surface area contributed by atoms with E-state index in [9.17, 15) is 4.79 Å². The van der Waals surface area contributed by atoms with Gasteiger partial charge >= 0.3 is 0 Å². The van der Waals surface area contributed by atoms with Crippen LogP contribution in [0.2, 0.25) is 0 Å². The van der Waals surface area contributed by atoms with Gasteiger partial charge in [0.05, 0.1) is 12.1 Å². The standard InChI is InChI=1S/C20H26BrNO4/c1-5-18(19(23)22-20(2,3)12-25-13-24-4)26-17-9-7-14-6-8-16(21)10-15(14)11-17/h6-11,18H,5,12-13H2,1-4H3,(H,22,23). The maximum Gasteiger partial charge on any atom is 0.261 e. The number of hydrogen-bond acceptors (Lipinski definition) is 4. The Morgan fingerprint density at radius 1 is 1.19 bits per heavy atom. The van der Waals surface area contributed by atoms with Gasteiger partial charge in [0.15, 0.2) is 6.10 Å². The van der Waals surface area contributed by atoms with Crippen molar-refractivity contribution in [2.75, 3.05) is 20.5 Å². The predicted molar refractivity (Wildman–Crippen MR) is 106 cm³/mol. The van der Waals surface area contributed by atoms with Gasteiger partial charge < -0.3 is 19.5 Å². The molecule has 5 nitrogen and oxygen atoms in total. The van der Waals surface area contributed by atoms with Crippen molar-refractivity contribution in [3.05, 3.63) is 40.9 Å². The molecule has 0 radical (unpaired) electrons. The molecule has 0 heterocycles. The molecule has 0 aliphatic carbocycles. The molecule has 2 rings (SSSR count). The number of amides is 1. The van der Waals surface area contributed by atoms with Crippen LogP contribution >= 0.6 is 15.9 Å². The van der Waals surface area contributed by atoms with Crippen molar-refractivity contribution in [2.24, 2.45) is 0 Å². The van der Waals surface area contributed by atoms with Crippen LogP contribution in [0, 0.1) is 0 Å². The van der Waals surface area contributed by atoms with Crippen molar-refractivity contribution in [1.82, 2.24) is 5.32 Å². The molecule has 0 saturated carbocycles. The minimum atomic E-state index is -0.568. The zero-order valence-corrected chi connectivity index (χ0v) is 17.3. The topological polar surface area (TPSA) is 56.8 Å². The normalized spacial score (nSPS) is 12.8. The Balaban J connectivity index is 2.04. The van der Waals surface area contributed by atoms with E-state index in [0.717, 1.165) is 15.2 Å². The van der Waals surface area contributed by atoms with Crippen molar-refractivity contribution >= 4 is 32.6 Å². The smallest absolute Gasteiger partial charge is 0.261 e. The van der Waals surface area contributed by atoms with Crippen molar-refractivity contribution in [3.63, 3.8) is 0 Å². The van der Waals surface area contributed by atoms with E-state index >= 15 is 0 Å². The summed E-state index contributed by atoms with van der Waals surface area (Å²) in [5.41, 5.74) is -0.513. The van der Waals surface area contributed by atoms with Gasteiger partial charge in [0.1, 0.15) is 12.5 Å². The predicted octanol–water partition coefficient (Wildman–Crippen LogP) is 4.28. The Morgan fingerprint density at radius 2 is 1.92 bits per heavy atom. The van der Waals surface area contributed by atoms with Crippen molar-refractivity contribution in [1.29, 1.82) is 0 Å². The lowest BCUT2D eigenvalue weighted by atomic mass is 10.1. The Bertz CT molecular complexity index is 748. The number of fused-ring (bicyclic) bond motifs is 1. The van der Waals surface area contributed by atoms with Gasteiger partial charge in [0, 0.05) is 11.6 Å². The van der Waals surface area contributed by atoms with Crippen molar-refractivity contribution in [3.8, 4) is 5.75 Å². The molecule has 1 N–H and O–H groups in total. The van der Waals surface area contributed by atoms with Gasteiger partial charge in [0.25, 0.3) is 5.91 Å². The van der Waals surface area contributed by atoms with Gasteiger partial charge in [-0.15, -0.1) is 0 Å². The fourth-order valence-corrected chi connectivity index (χ4v) is 2.96. The van der Waals surface area contributed by atoms with Crippen LogP contribution in [0.1, 0.15) is 27.2 Å². The average Bonchev–Trinajstić information content (AvgIpc) is 2.58. The van der Waals surface area contributed by atoms with Crippen LogP contribution in [-0.2, 0) is 14.3 Å². The monoisotopic (exact) mass is 423 g/mol. The summed E-state index contributed by atoms with van der Waals surface area (Å²) in [4.78, 5) is 12.6. The third-order valence-corrected chi connectivity index (χ3v) is 4.33. The summed E-state index contributed by atoms with van der Waals surface area (Å²) in [6.45, 7) is 6.28. The van der Waals surface area contributed by atoms with E-state index in [1.54, 1.807) is 7.11 Å². The van der Waals surface area contributed by atoms with E-state index in [2.05, 4.69) is 21.2 Å². The fraction of sp³-hybridized carbons (Fsp3) is 0.450. The summed E-state index contributed by atoms with van der Waals surface area (Å²) < 4.78 is 17.2. The van der Waals surface area contributed by atoms with Crippen LogP contribution in [0.3, 0.4) is 0 Å². The number of nitrogens with one attached hydrogen (secondary N) is 1. The van der Waals surface area contributed by atoms with Crippen LogP contribution < -0.4 is 10.1 Å². The molecule has 142 valence electrons. The number of hydrogen-bond donors (Lipinski definition) is 1. The molecule has 2 aromatic carbocycles. The molecular formula is C20H26BrNO4. The van der Waals surface area contributed by atoms with E-state index < -0.39 is 11.6 Å². The van der Waals surface area contributed by atoms with Gasteiger partial charge in [-0.2, -0.15) is 0 Å². The first-order valence-electron chi connectivity index (χ1n) is 8.59. The average molecular weight is 424 g/mol. The number of carbonyl (C=O) groups is 1. The number of ether oxygens (including phenoxy) is 3. The van der Waals surface area contributed by atoms with Crippen LogP contribution in [-0.4, -0.2) is 38.1 Å². The van der Waals surface area contributed by atoms with Crippen molar-refractivity contribution in [2.45, 2.75) is 38.8 Å². The number of methoxy groups -OCH3 is 1. The number of halogens is 1. The molecule has 0 aliphatic heterocycles. The minimum Gasteiger partial charge on any atom is -0.481 e. The molecule has 6 heteroatoms. The molecule has 0 aliphatic rings. The Kier molecular flexibility index (Phi) is 7.43. The molecule has 0 bridgehead atoms. The van der Waals surface area contributed by atoms with E-state index in [0.29, 0.717) is 18.8 Å². The highest BCUT2D eigenvalue weighted by Crippen LogP contribution is 2.25. The van der Waals surface area contributed by atoms with Gasteiger partial charge in [-0.1, -0.05) is 35.0 Å². The maximum atomic E-state index is 12.6. The lowest BCUT2D eigenvalue weighted by Crippen LogP contribution is -2.51. The summed E-state index contributed by atoms with van der Waals surface area (Å²) in [5.74, 6) is 0.513. The third-order valence-electron chi connectivity index (χ3n) is 3.84. The highest BCUT2D eigenvalue weighted by Gasteiger charge is 2.26. The third kappa shape index (κ3) is 5.97. The second kappa shape index (κ2) is 9.35. The number of rotatable bonds is 9. The first-order valence-corrected chi connectivity index (χ1v) is 9.38. The molecule has 0 spiro atoms.